The maximum absolute atomic E-state index is 2.75. The number of hydrogen-bond acceptors (Lipinski definition) is 2. The van der Waals surface area contributed by atoms with Crippen LogP contribution in [0, 0.1) is 0 Å². The molecule has 550 valence electrons. The third-order valence-electron chi connectivity index (χ3n) is 24.7. The molecule has 0 bridgehead atoms. The maximum Gasteiger partial charge on any atom is 0.252 e. The third kappa shape index (κ3) is 10.8. The number of rotatable bonds is 11. The summed E-state index contributed by atoms with van der Waals surface area (Å²) < 4.78 is 7.78. The van der Waals surface area contributed by atoms with Gasteiger partial charge in [-0.1, -0.05) is 369 Å². The van der Waals surface area contributed by atoms with Crippen molar-refractivity contribution in [2.75, 3.05) is 9.80 Å². The van der Waals surface area contributed by atoms with Crippen molar-refractivity contribution in [1.29, 1.82) is 0 Å². The minimum absolute atomic E-state index is 0.175. The largest absolute Gasteiger partial charge is 0.310 e. The smallest absolute Gasteiger partial charge is 0.252 e. The minimum Gasteiger partial charge on any atom is -0.310 e. The van der Waals surface area contributed by atoms with Gasteiger partial charge in [-0.15, -0.1) is 0 Å². The molecule has 2 aliphatic heterocycles. The number of benzene rings is 17. The molecule has 5 heterocycles. The Labute approximate surface area is 677 Å². The number of aromatic nitrogens is 3. The summed E-state index contributed by atoms with van der Waals surface area (Å²) in [6.07, 6.45) is 0. The van der Waals surface area contributed by atoms with Crippen LogP contribution in [0.5, 0.6) is 0 Å². The van der Waals surface area contributed by atoms with Gasteiger partial charge < -0.3 is 23.5 Å². The quantitative estimate of drug-likeness (QED) is 0.120. The molecule has 2 aliphatic rings. The number of hydrogen-bond donors (Lipinski definition) is 0. The summed E-state index contributed by atoms with van der Waals surface area (Å²) >= 11 is 0. The average Bonchev–Trinajstić information content (AvgIpc) is 0.944. The van der Waals surface area contributed by atoms with Gasteiger partial charge in [-0.3, -0.25) is 0 Å². The molecule has 0 spiro atoms. The van der Waals surface area contributed by atoms with Gasteiger partial charge in [0.2, 0.25) is 0 Å². The van der Waals surface area contributed by atoms with Gasteiger partial charge in [-0.2, -0.15) is 0 Å². The molecule has 116 heavy (non-hydrogen) atoms. The Morgan fingerprint density at radius 3 is 0.784 bits per heavy atom. The van der Waals surface area contributed by atoms with E-state index in [-0.39, 0.29) is 10.8 Å². The van der Waals surface area contributed by atoms with Gasteiger partial charge in [0.05, 0.1) is 61.5 Å². The molecule has 0 amide bonds. The fraction of sp³-hybridized carbons (Fsp3) is 0.0727. The summed E-state index contributed by atoms with van der Waals surface area (Å²) in [5.41, 5.74) is 35.7. The first kappa shape index (κ1) is 68.6. The second-order valence-electron chi connectivity index (χ2n) is 33.5. The second-order valence-corrected chi connectivity index (χ2v) is 33.5. The Kier molecular flexibility index (Phi) is 15.8. The lowest BCUT2D eigenvalue weighted by Crippen LogP contribution is -2.61. The number of anilines is 6. The SMILES string of the molecule is CC(C)(C)c1ccc2c3ccc(C(C)(C)C)cc3n(-c3cc4c5c(c3)N(c3c(-c6ccccc6)cccc3-c3ccccc3)c3cc(-n6c7ccccc7c7ccccc76)c(-c6ccccc6)cc3B5c3cc(-c5ccccc5)c(-n5c6ccccc6c6ccccc65)cc3N4c3c(-c4ccccc4)cccc3-c3ccccc3)c2c1. The van der Waals surface area contributed by atoms with Crippen molar-refractivity contribution in [3.8, 4) is 83.8 Å². The zero-order chi connectivity index (χ0) is 77.7. The number of para-hydroxylation sites is 6. The lowest BCUT2D eigenvalue weighted by Gasteiger charge is -2.46. The van der Waals surface area contributed by atoms with Crippen molar-refractivity contribution in [3.05, 3.63) is 399 Å². The molecule has 6 heteroatoms. The first-order valence-electron chi connectivity index (χ1n) is 40.7. The van der Waals surface area contributed by atoms with Crippen LogP contribution in [0.25, 0.3) is 149 Å². The molecule has 22 rings (SSSR count). The van der Waals surface area contributed by atoms with Gasteiger partial charge in [-0.05, 0) is 132 Å². The molecule has 0 atom stereocenters. The molecule has 0 fully saturated rings. The fourth-order valence-corrected chi connectivity index (χ4v) is 19.3. The van der Waals surface area contributed by atoms with Crippen LogP contribution in [0.1, 0.15) is 52.7 Å². The van der Waals surface area contributed by atoms with E-state index < -0.39 is 6.71 Å². The standard InChI is InChI=1S/C110H82BN5/c1-109(2,3)77-59-61-88-89-62-60-78(110(4,5)6)64-99(89)112(98(88)63-77)79-65-104-106-105(66-79)116(108-82(73-39-17-9-18-40-73)53-34-54-83(108)74-41-19-10-20-42-74)103-70-101(114-96-57-31-27-49-86(96)87-50-28-32-58-97(87)114)91(76-45-23-12-24-46-76)68-93(103)111(106)92-67-90(75-43-21-11-22-44-75)100(113-94-55-29-25-47-84(94)85-48-26-30-56-95(85)113)69-102(92)115(104)107-80(71-35-13-7-14-36-71)51-33-52-81(107)72-37-15-8-16-38-72/h7-70H,1-6H3. The van der Waals surface area contributed by atoms with Gasteiger partial charge in [0, 0.05) is 88.4 Å². The van der Waals surface area contributed by atoms with E-state index >= 15 is 0 Å². The van der Waals surface area contributed by atoms with Crippen molar-refractivity contribution in [1.82, 2.24) is 13.7 Å². The van der Waals surface area contributed by atoms with E-state index in [0.717, 1.165) is 151 Å². The molecule has 0 N–H and O–H groups in total. The lowest BCUT2D eigenvalue weighted by atomic mass is 9.33. The van der Waals surface area contributed by atoms with Crippen LogP contribution in [0.3, 0.4) is 0 Å². The van der Waals surface area contributed by atoms with E-state index in [2.05, 4.69) is 453 Å². The van der Waals surface area contributed by atoms with Gasteiger partial charge in [0.15, 0.2) is 0 Å². The average molecular weight is 1480 g/mol. The Morgan fingerprint density at radius 1 is 0.207 bits per heavy atom. The number of fused-ring (bicyclic) bond motifs is 13. The van der Waals surface area contributed by atoms with E-state index in [1.165, 1.54) is 59.8 Å². The van der Waals surface area contributed by atoms with E-state index in [9.17, 15) is 0 Å². The van der Waals surface area contributed by atoms with Gasteiger partial charge in [0.25, 0.3) is 6.71 Å². The highest BCUT2D eigenvalue weighted by Crippen LogP contribution is 2.56. The Balaban J connectivity index is 1.00. The summed E-state index contributed by atoms with van der Waals surface area (Å²) in [7, 11) is 0. The van der Waals surface area contributed by atoms with Crippen molar-refractivity contribution in [2.24, 2.45) is 0 Å². The van der Waals surface area contributed by atoms with E-state index in [0.29, 0.717) is 0 Å². The second kappa shape index (κ2) is 26.7. The predicted molar refractivity (Wildman–Crippen MR) is 493 cm³/mol. The Bertz CT molecular complexity index is 6670. The van der Waals surface area contributed by atoms with Crippen molar-refractivity contribution < 1.29 is 0 Å². The van der Waals surface area contributed by atoms with E-state index in [1.807, 2.05) is 0 Å². The zero-order valence-electron chi connectivity index (χ0n) is 65.8. The molecular weight excluding hydrogens is 1400 g/mol. The molecule has 0 unspecified atom stereocenters. The molecule has 0 aliphatic carbocycles. The monoisotopic (exact) mass is 1480 g/mol. The summed E-state index contributed by atoms with van der Waals surface area (Å²) in [6, 6.07) is 147. The number of nitrogens with zero attached hydrogens (tertiary/aromatic N) is 5. The highest BCUT2D eigenvalue weighted by atomic mass is 15.2. The van der Waals surface area contributed by atoms with Crippen LogP contribution in [0.15, 0.2) is 388 Å². The van der Waals surface area contributed by atoms with Crippen LogP contribution in [0.2, 0.25) is 0 Å². The molecule has 0 saturated carbocycles. The van der Waals surface area contributed by atoms with Crippen molar-refractivity contribution >= 4 is 123 Å². The van der Waals surface area contributed by atoms with E-state index in [4.69, 9.17) is 0 Å². The highest BCUT2D eigenvalue weighted by Gasteiger charge is 2.47. The van der Waals surface area contributed by atoms with E-state index in [1.54, 1.807) is 0 Å². The van der Waals surface area contributed by atoms with Crippen LogP contribution in [-0.4, -0.2) is 20.4 Å². The van der Waals surface area contributed by atoms with Crippen LogP contribution < -0.4 is 26.2 Å². The molecule has 20 aromatic rings. The molecule has 0 radical (unpaired) electrons. The fourth-order valence-electron chi connectivity index (χ4n) is 19.3. The van der Waals surface area contributed by atoms with Crippen molar-refractivity contribution in [3.63, 3.8) is 0 Å². The van der Waals surface area contributed by atoms with Gasteiger partial charge in [-0.25, -0.2) is 0 Å². The molecule has 3 aromatic heterocycles. The van der Waals surface area contributed by atoms with Gasteiger partial charge in [0.1, 0.15) is 0 Å². The molecular formula is C110H82BN5. The maximum atomic E-state index is 2.75. The normalized spacial score (nSPS) is 12.7. The Hall–Kier alpha value is -14.2. The Morgan fingerprint density at radius 2 is 0.483 bits per heavy atom. The van der Waals surface area contributed by atoms with Crippen LogP contribution in [-0.2, 0) is 10.8 Å². The summed E-state index contributed by atoms with van der Waals surface area (Å²) in [6.45, 7) is 13.7. The summed E-state index contributed by atoms with van der Waals surface area (Å²) in [4.78, 5) is 5.49. The molecule has 17 aromatic carbocycles. The topological polar surface area (TPSA) is 21.3 Å². The third-order valence-corrected chi connectivity index (χ3v) is 24.7. The van der Waals surface area contributed by atoms with Crippen LogP contribution >= 0.6 is 0 Å². The first-order chi connectivity index (χ1) is 56.9. The molecule has 5 nitrogen and oxygen atoms in total. The van der Waals surface area contributed by atoms with Crippen molar-refractivity contribution in [2.45, 2.75) is 52.4 Å². The zero-order valence-corrected chi connectivity index (χ0v) is 65.8. The lowest BCUT2D eigenvalue weighted by molar-refractivity contribution is 0.591. The highest BCUT2D eigenvalue weighted by molar-refractivity contribution is 7.00. The predicted octanol–water partition coefficient (Wildman–Crippen LogP) is 27.7. The summed E-state index contributed by atoms with van der Waals surface area (Å²) in [5, 5.41) is 7.22. The first-order valence-corrected chi connectivity index (χ1v) is 40.7. The summed E-state index contributed by atoms with van der Waals surface area (Å²) in [5.74, 6) is 0. The molecule has 0 saturated heterocycles. The van der Waals surface area contributed by atoms with Crippen LogP contribution in [0.4, 0.5) is 34.1 Å². The van der Waals surface area contributed by atoms with Gasteiger partial charge >= 0.3 is 0 Å². The minimum atomic E-state index is -0.415.